The van der Waals surface area contributed by atoms with Crippen molar-refractivity contribution in [1.29, 1.82) is 0 Å². The summed E-state index contributed by atoms with van der Waals surface area (Å²) in [6.07, 6.45) is -0.680. The Labute approximate surface area is 181 Å². The quantitative estimate of drug-likeness (QED) is 0.660. The first-order chi connectivity index (χ1) is 14.4. The lowest BCUT2D eigenvalue weighted by atomic mass is 9.91. The zero-order valence-corrected chi connectivity index (χ0v) is 18.7. The van der Waals surface area contributed by atoms with E-state index in [0.717, 1.165) is 5.56 Å². The number of rotatable bonds is 6. The van der Waals surface area contributed by atoms with Crippen molar-refractivity contribution in [1.82, 2.24) is 10.3 Å². The van der Waals surface area contributed by atoms with Crippen molar-refractivity contribution < 1.29 is 29.0 Å². The SMILES string of the molecule is CCOC(=O)c1c(CNC(=O)OC(C)(C)C)nc(C)c(C(=O)O)c1-c1ccc(C)cc1. The number of aromatic carboxylic acids is 1. The molecule has 0 radical (unpaired) electrons. The number of aryl methyl sites for hydroxylation is 2. The molecule has 0 atom stereocenters. The first-order valence-corrected chi connectivity index (χ1v) is 9.92. The number of aromatic nitrogens is 1. The number of benzene rings is 1. The molecule has 0 aliphatic carbocycles. The van der Waals surface area contributed by atoms with Gasteiger partial charge in [0.1, 0.15) is 5.60 Å². The Kier molecular flexibility index (Phi) is 7.38. The van der Waals surface area contributed by atoms with Crippen molar-refractivity contribution in [3.8, 4) is 11.1 Å². The molecule has 1 aromatic heterocycles. The predicted octanol–water partition coefficient (Wildman–Crippen LogP) is 4.27. The number of carbonyl (C=O) groups excluding carboxylic acids is 2. The van der Waals surface area contributed by atoms with Crippen LogP contribution < -0.4 is 5.32 Å². The number of alkyl carbamates (subject to hydrolysis) is 1. The summed E-state index contributed by atoms with van der Waals surface area (Å²) in [6, 6.07) is 7.13. The van der Waals surface area contributed by atoms with Crippen LogP contribution in [0.3, 0.4) is 0 Å². The molecular weight excluding hydrogens is 400 g/mol. The van der Waals surface area contributed by atoms with E-state index in [-0.39, 0.29) is 41.2 Å². The van der Waals surface area contributed by atoms with Crippen molar-refractivity contribution in [2.75, 3.05) is 6.61 Å². The zero-order chi connectivity index (χ0) is 23.3. The van der Waals surface area contributed by atoms with Crippen molar-refractivity contribution in [2.24, 2.45) is 0 Å². The third-order valence-corrected chi connectivity index (χ3v) is 4.29. The highest BCUT2D eigenvalue weighted by Gasteiger charge is 2.28. The van der Waals surface area contributed by atoms with Crippen LogP contribution >= 0.6 is 0 Å². The molecule has 31 heavy (non-hydrogen) atoms. The molecule has 2 aromatic rings. The second kappa shape index (κ2) is 9.59. The van der Waals surface area contributed by atoms with Gasteiger partial charge in [0.2, 0.25) is 0 Å². The van der Waals surface area contributed by atoms with Crippen molar-refractivity contribution >= 4 is 18.0 Å². The van der Waals surface area contributed by atoms with E-state index in [1.807, 2.05) is 19.1 Å². The number of ether oxygens (including phenoxy) is 2. The third-order valence-electron chi connectivity index (χ3n) is 4.29. The van der Waals surface area contributed by atoms with Crippen molar-refractivity contribution in [2.45, 2.75) is 53.7 Å². The average molecular weight is 428 g/mol. The first-order valence-electron chi connectivity index (χ1n) is 9.92. The molecule has 8 nitrogen and oxygen atoms in total. The van der Waals surface area contributed by atoms with Gasteiger partial charge >= 0.3 is 18.0 Å². The first kappa shape index (κ1) is 23.9. The van der Waals surface area contributed by atoms with Gasteiger partial charge in [-0.05, 0) is 47.1 Å². The van der Waals surface area contributed by atoms with Crippen LogP contribution in [0.5, 0.6) is 0 Å². The van der Waals surface area contributed by atoms with E-state index in [0.29, 0.717) is 5.56 Å². The lowest BCUT2D eigenvalue weighted by Crippen LogP contribution is -2.33. The summed E-state index contributed by atoms with van der Waals surface area (Å²) < 4.78 is 10.4. The molecule has 166 valence electrons. The molecule has 1 heterocycles. The molecule has 0 fully saturated rings. The molecule has 0 aliphatic heterocycles. The summed E-state index contributed by atoms with van der Waals surface area (Å²) in [7, 11) is 0. The number of esters is 1. The molecule has 0 spiro atoms. The second-order valence-electron chi connectivity index (χ2n) is 8.02. The highest BCUT2D eigenvalue weighted by atomic mass is 16.6. The monoisotopic (exact) mass is 428 g/mol. The van der Waals surface area contributed by atoms with Crippen molar-refractivity contribution in [3.05, 3.63) is 52.3 Å². The number of hydrogen-bond donors (Lipinski definition) is 2. The van der Waals surface area contributed by atoms with E-state index in [4.69, 9.17) is 9.47 Å². The average Bonchev–Trinajstić information content (AvgIpc) is 2.64. The lowest BCUT2D eigenvalue weighted by molar-refractivity contribution is 0.0501. The Morgan fingerprint density at radius 1 is 1.06 bits per heavy atom. The normalized spacial score (nSPS) is 11.0. The smallest absolute Gasteiger partial charge is 0.407 e. The fourth-order valence-corrected chi connectivity index (χ4v) is 3.06. The van der Waals surface area contributed by atoms with Crippen LogP contribution in [0.2, 0.25) is 0 Å². The number of nitrogens with one attached hydrogen (secondary N) is 1. The summed E-state index contributed by atoms with van der Waals surface area (Å²) in [5, 5.41) is 12.4. The minimum atomic E-state index is -1.21. The Hall–Kier alpha value is -3.42. The number of nitrogens with zero attached hydrogens (tertiary/aromatic N) is 1. The second-order valence-corrected chi connectivity index (χ2v) is 8.02. The van der Waals surface area contributed by atoms with E-state index in [1.54, 1.807) is 46.8 Å². The van der Waals surface area contributed by atoms with E-state index < -0.39 is 23.6 Å². The maximum absolute atomic E-state index is 12.9. The molecule has 0 unspecified atom stereocenters. The van der Waals surface area contributed by atoms with Crippen LogP contribution in [0, 0.1) is 13.8 Å². The van der Waals surface area contributed by atoms with E-state index in [9.17, 15) is 19.5 Å². The van der Waals surface area contributed by atoms with Gasteiger partial charge in [-0.15, -0.1) is 0 Å². The summed E-state index contributed by atoms with van der Waals surface area (Å²) in [6.45, 7) is 10.3. The third kappa shape index (κ3) is 6.04. The van der Waals surface area contributed by atoms with Gasteiger partial charge in [-0.25, -0.2) is 14.4 Å². The summed E-state index contributed by atoms with van der Waals surface area (Å²) in [5.74, 6) is -1.92. The number of carbonyl (C=O) groups is 3. The highest BCUT2D eigenvalue weighted by molar-refractivity contribution is 6.06. The molecule has 0 aliphatic rings. The molecular formula is C23H28N2O6. The Bertz CT molecular complexity index is 991. The van der Waals surface area contributed by atoms with Crippen LogP contribution in [0.1, 0.15) is 65.4 Å². The van der Waals surface area contributed by atoms with Gasteiger partial charge in [0.25, 0.3) is 0 Å². The van der Waals surface area contributed by atoms with Gasteiger partial charge < -0.3 is 19.9 Å². The van der Waals surface area contributed by atoms with Crippen LogP contribution in [0.25, 0.3) is 11.1 Å². The topological polar surface area (TPSA) is 115 Å². The van der Waals surface area contributed by atoms with E-state index in [2.05, 4.69) is 10.3 Å². The summed E-state index contributed by atoms with van der Waals surface area (Å²) >= 11 is 0. The molecule has 8 heteroatoms. The van der Waals surface area contributed by atoms with Gasteiger partial charge in [-0.1, -0.05) is 29.8 Å². The standard InChI is InChI=1S/C23H28N2O6/c1-7-30-21(28)19-16(12-24-22(29)31-23(4,5)6)25-14(3)17(20(26)27)18(19)15-10-8-13(2)9-11-15/h8-11H,7,12H2,1-6H3,(H,24,29)(H,26,27). The van der Waals surface area contributed by atoms with Crippen LogP contribution in [-0.2, 0) is 16.0 Å². The maximum atomic E-state index is 12.9. The van der Waals surface area contributed by atoms with Gasteiger partial charge in [-0.3, -0.25) is 4.98 Å². The number of amides is 1. The van der Waals surface area contributed by atoms with E-state index >= 15 is 0 Å². The molecule has 1 amide bonds. The van der Waals surface area contributed by atoms with E-state index in [1.165, 1.54) is 0 Å². The zero-order valence-electron chi connectivity index (χ0n) is 18.7. The largest absolute Gasteiger partial charge is 0.478 e. The molecule has 0 saturated heterocycles. The highest BCUT2D eigenvalue weighted by Crippen LogP contribution is 2.32. The number of carboxylic acid groups (broad SMARTS) is 1. The predicted molar refractivity (Wildman–Crippen MR) is 115 cm³/mol. The van der Waals surface area contributed by atoms with Crippen LogP contribution in [0.4, 0.5) is 4.79 Å². The van der Waals surface area contributed by atoms with Gasteiger partial charge in [0.15, 0.2) is 0 Å². The van der Waals surface area contributed by atoms with Gasteiger partial charge in [0, 0.05) is 5.56 Å². The van der Waals surface area contributed by atoms with Crippen LogP contribution in [-0.4, -0.2) is 40.3 Å². The van der Waals surface area contributed by atoms with Crippen molar-refractivity contribution in [3.63, 3.8) is 0 Å². The van der Waals surface area contributed by atoms with Gasteiger partial charge in [0.05, 0.1) is 35.7 Å². The van der Waals surface area contributed by atoms with Crippen LogP contribution in [0.15, 0.2) is 24.3 Å². The molecule has 0 saturated carbocycles. The lowest BCUT2D eigenvalue weighted by Gasteiger charge is -2.21. The Balaban J connectivity index is 2.67. The number of hydrogen-bond acceptors (Lipinski definition) is 6. The minimum Gasteiger partial charge on any atom is -0.478 e. The molecule has 2 rings (SSSR count). The number of carboxylic acids is 1. The fourth-order valence-electron chi connectivity index (χ4n) is 3.06. The summed E-state index contributed by atoms with van der Waals surface area (Å²) in [4.78, 5) is 41.4. The molecule has 1 aromatic carbocycles. The maximum Gasteiger partial charge on any atom is 0.407 e. The molecule has 2 N–H and O–H groups in total. The Morgan fingerprint density at radius 3 is 2.19 bits per heavy atom. The summed E-state index contributed by atoms with van der Waals surface area (Å²) in [5.41, 5.74) is 1.36. The minimum absolute atomic E-state index is 0.00441. The fraction of sp³-hybridized carbons (Fsp3) is 0.391. The Morgan fingerprint density at radius 2 is 1.68 bits per heavy atom. The molecule has 0 bridgehead atoms. The number of pyridine rings is 1. The van der Waals surface area contributed by atoms with Gasteiger partial charge in [-0.2, -0.15) is 0 Å².